The van der Waals surface area contributed by atoms with Gasteiger partial charge >= 0.3 is 0 Å². The van der Waals surface area contributed by atoms with Gasteiger partial charge in [0.1, 0.15) is 17.6 Å². The first kappa shape index (κ1) is 20.4. The molecule has 6 nitrogen and oxygen atoms in total. The first-order valence-corrected chi connectivity index (χ1v) is 10.0. The number of carbonyl (C=O) groups is 2. The third-order valence-electron chi connectivity index (χ3n) is 5.00. The van der Waals surface area contributed by atoms with Gasteiger partial charge in [-0.2, -0.15) is 5.26 Å². The minimum atomic E-state index is -0.155. The Morgan fingerprint density at radius 1 is 1.03 bits per heavy atom. The number of nitrogens with one attached hydrogen (secondary N) is 2. The summed E-state index contributed by atoms with van der Waals surface area (Å²) in [5.41, 5.74) is 1.11. The van der Waals surface area contributed by atoms with Crippen molar-refractivity contribution < 1.29 is 14.3 Å². The summed E-state index contributed by atoms with van der Waals surface area (Å²) in [6.07, 6.45) is 5.56. The molecule has 150 valence electrons. The van der Waals surface area contributed by atoms with Gasteiger partial charge in [-0.25, -0.2) is 0 Å². The second-order valence-corrected chi connectivity index (χ2v) is 7.16. The molecule has 6 heteroatoms. The standard InChI is InChI=1S/C23H25N3O3/c24-16-18-8-4-5-9-21(18)29-20-12-10-19(11-13-20)26-22(27)14-15-25-23(28)17-6-2-1-3-7-17/h4-5,8-13,17H,1-3,6-7,14-15H2,(H,25,28)(H,26,27). The minimum absolute atomic E-state index is 0.0663. The SMILES string of the molecule is N#Cc1ccccc1Oc1ccc(NC(=O)CCNC(=O)C2CCCCC2)cc1. The first-order chi connectivity index (χ1) is 14.2. The quantitative estimate of drug-likeness (QED) is 0.733. The van der Waals surface area contributed by atoms with Crippen LogP contribution in [-0.4, -0.2) is 18.4 Å². The maximum atomic E-state index is 12.1. The van der Waals surface area contributed by atoms with E-state index in [9.17, 15) is 9.59 Å². The Morgan fingerprint density at radius 2 is 1.76 bits per heavy atom. The highest BCUT2D eigenvalue weighted by molar-refractivity contribution is 5.91. The monoisotopic (exact) mass is 391 g/mol. The molecule has 2 N–H and O–H groups in total. The van der Waals surface area contributed by atoms with Gasteiger partial charge in [0, 0.05) is 24.6 Å². The van der Waals surface area contributed by atoms with Crippen LogP contribution < -0.4 is 15.4 Å². The van der Waals surface area contributed by atoms with Crippen LogP contribution in [0.2, 0.25) is 0 Å². The highest BCUT2D eigenvalue weighted by Gasteiger charge is 2.20. The van der Waals surface area contributed by atoms with Crippen LogP contribution in [0, 0.1) is 17.2 Å². The van der Waals surface area contributed by atoms with Crippen molar-refractivity contribution in [3.63, 3.8) is 0 Å². The van der Waals surface area contributed by atoms with Gasteiger partial charge in [0.15, 0.2) is 0 Å². The molecule has 0 radical (unpaired) electrons. The van der Waals surface area contributed by atoms with Crippen LogP contribution in [-0.2, 0) is 9.59 Å². The number of rotatable bonds is 7. The average Bonchev–Trinajstić information content (AvgIpc) is 2.76. The van der Waals surface area contributed by atoms with Gasteiger partial charge in [0.25, 0.3) is 0 Å². The van der Waals surface area contributed by atoms with Gasteiger partial charge in [-0.15, -0.1) is 0 Å². The fraction of sp³-hybridized carbons (Fsp3) is 0.348. The number of nitriles is 1. The molecule has 1 saturated carbocycles. The number of ether oxygens (including phenoxy) is 1. The van der Waals surface area contributed by atoms with Crippen molar-refractivity contribution in [1.82, 2.24) is 5.32 Å². The van der Waals surface area contributed by atoms with Gasteiger partial charge in [-0.3, -0.25) is 9.59 Å². The second-order valence-electron chi connectivity index (χ2n) is 7.16. The molecule has 2 aromatic rings. The Labute approximate surface area is 170 Å². The van der Waals surface area contributed by atoms with E-state index in [1.165, 1.54) is 6.42 Å². The van der Waals surface area contributed by atoms with Crippen molar-refractivity contribution >= 4 is 17.5 Å². The molecule has 29 heavy (non-hydrogen) atoms. The summed E-state index contributed by atoms with van der Waals surface area (Å²) in [5, 5.41) is 14.8. The fourth-order valence-corrected chi connectivity index (χ4v) is 3.41. The van der Waals surface area contributed by atoms with Gasteiger partial charge in [0.05, 0.1) is 5.56 Å². The first-order valence-electron chi connectivity index (χ1n) is 10.0. The molecular weight excluding hydrogens is 366 g/mol. The normalized spacial score (nSPS) is 13.9. The highest BCUT2D eigenvalue weighted by atomic mass is 16.5. The number of amides is 2. The lowest BCUT2D eigenvalue weighted by molar-refractivity contribution is -0.126. The molecule has 1 fully saturated rings. The number of nitrogens with zero attached hydrogens (tertiary/aromatic N) is 1. The Hall–Kier alpha value is -3.33. The van der Waals surface area contributed by atoms with E-state index in [0.29, 0.717) is 29.3 Å². The van der Waals surface area contributed by atoms with Crippen molar-refractivity contribution in [3.05, 3.63) is 54.1 Å². The predicted octanol–water partition coefficient (Wildman–Crippen LogP) is 4.38. The smallest absolute Gasteiger partial charge is 0.226 e. The Kier molecular flexibility index (Phi) is 7.23. The minimum Gasteiger partial charge on any atom is -0.456 e. The number of para-hydroxylation sites is 1. The van der Waals surface area contributed by atoms with Gasteiger partial charge < -0.3 is 15.4 Å². The van der Waals surface area contributed by atoms with Crippen LogP contribution in [0.15, 0.2) is 48.5 Å². The van der Waals surface area contributed by atoms with Crippen LogP contribution in [0.4, 0.5) is 5.69 Å². The molecule has 1 aliphatic carbocycles. The number of hydrogen-bond donors (Lipinski definition) is 2. The molecule has 0 atom stereocenters. The van der Waals surface area contributed by atoms with Crippen molar-refractivity contribution in [3.8, 4) is 17.6 Å². The molecule has 0 aliphatic heterocycles. The van der Waals surface area contributed by atoms with Crippen molar-refractivity contribution in [2.24, 2.45) is 5.92 Å². The molecule has 2 amide bonds. The molecular formula is C23H25N3O3. The molecule has 0 bridgehead atoms. The van der Waals surface area contributed by atoms with Gasteiger partial charge in [-0.05, 0) is 49.2 Å². The Morgan fingerprint density at radius 3 is 2.48 bits per heavy atom. The summed E-state index contributed by atoms with van der Waals surface area (Å²) in [5.74, 6) is 1.07. The van der Waals surface area contributed by atoms with E-state index in [1.54, 1.807) is 48.5 Å². The van der Waals surface area contributed by atoms with Crippen LogP contribution in [0.3, 0.4) is 0 Å². The van der Waals surface area contributed by atoms with Crippen LogP contribution in [0.1, 0.15) is 44.1 Å². The van der Waals surface area contributed by atoms with E-state index in [0.717, 1.165) is 25.7 Å². The fourth-order valence-electron chi connectivity index (χ4n) is 3.41. The predicted molar refractivity (Wildman–Crippen MR) is 111 cm³/mol. The molecule has 0 heterocycles. The van der Waals surface area contributed by atoms with Crippen molar-refractivity contribution in [1.29, 1.82) is 5.26 Å². The molecule has 0 spiro atoms. The Balaban J connectivity index is 1.43. The van der Waals surface area contributed by atoms with E-state index in [2.05, 4.69) is 16.7 Å². The van der Waals surface area contributed by atoms with Crippen LogP contribution in [0.25, 0.3) is 0 Å². The average molecular weight is 391 g/mol. The maximum Gasteiger partial charge on any atom is 0.226 e. The highest BCUT2D eigenvalue weighted by Crippen LogP contribution is 2.26. The molecule has 0 unspecified atom stereocenters. The zero-order valence-electron chi connectivity index (χ0n) is 16.3. The molecule has 1 aliphatic rings. The largest absolute Gasteiger partial charge is 0.456 e. The van der Waals surface area contributed by atoms with Crippen molar-refractivity contribution in [2.75, 3.05) is 11.9 Å². The number of carbonyl (C=O) groups excluding carboxylic acids is 2. The number of benzene rings is 2. The lowest BCUT2D eigenvalue weighted by Crippen LogP contribution is -2.34. The summed E-state index contributed by atoms with van der Waals surface area (Å²) in [6.45, 7) is 0.341. The Bertz CT molecular complexity index is 881. The lowest BCUT2D eigenvalue weighted by atomic mass is 9.89. The van der Waals surface area contributed by atoms with Crippen LogP contribution in [0.5, 0.6) is 11.5 Å². The molecule has 0 aromatic heterocycles. The third kappa shape index (κ3) is 6.08. The van der Waals surface area contributed by atoms with Crippen molar-refractivity contribution in [2.45, 2.75) is 38.5 Å². The zero-order valence-corrected chi connectivity index (χ0v) is 16.3. The van der Waals surface area contributed by atoms with E-state index < -0.39 is 0 Å². The summed E-state index contributed by atoms with van der Waals surface area (Å²) in [7, 11) is 0. The topological polar surface area (TPSA) is 91.2 Å². The summed E-state index contributed by atoms with van der Waals surface area (Å²) in [6, 6.07) is 16.0. The lowest BCUT2D eigenvalue weighted by Gasteiger charge is -2.20. The second kappa shape index (κ2) is 10.3. The van der Waals surface area contributed by atoms with Crippen LogP contribution >= 0.6 is 0 Å². The molecule has 0 saturated heterocycles. The summed E-state index contributed by atoms with van der Waals surface area (Å²) in [4.78, 5) is 24.2. The zero-order chi connectivity index (χ0) is 20.5. The van der Waals surface area contributed by atoms with Gasteiger partial charge in [0.2, 0.25) is 11.8 Å². The molecule has 2 aromatic carbocycles. The summed E-state index contributed by atoms with van der Waals surface area (Å²) < 4.78 is 5.73. The van der Waals surface area contributed by atoms with E-state index in [1.807, 2.05) is 0 Å². The van der Waals surface area contributed by atoms with Gasteiger partial charge in [-0.1, -0.05) is 31.4 Å². The number of hydrogen-bond acceptors (Lipinski definition) is 4. The number of anilines is 1. The van der Waals surface area contributed by atoms with E-state index in [4.69, 9.17) is 10.00 Å². The summed E-state index contributed by atoms with van der Waals surface area (Å²) >= 11 is 0. The molecule has 3 rings (SSSR count). The van der Waals surface area contributed by atoms with E-state index >= 15 is 0 Å². The van der Waals surface area contributed by atoms with E-state index in [-0.39, 0.29) is 24.2 Å². The maximum absolute atomic E-state index is 12.1. The third-order valence-corrected chi connectivity index (χ3v) is 5.00.